The number of fused-ring (bicyclic) bond motifs is 1. The molecule has 3 nitrogen and oxygen atoms in total. The number of carbonyl (C=O) groups is 1. The minimum Gasteiger partial charge on any atom is -0.342 e. The van der Waals surface area contributed by atoms with E-state index in [2.05, 4.69) is 58.4 Å². The van der Waals surface area contributed by atoms with Crippen molar-refractivity contribution >= 4 is 34.6 Å². The number of thioether (sulfide) groups is 1. The summed E-state index contributed by atoms with van der Waals surface area (Å²) in [5.74, 6) is 0.676. The SMILES string of the molecule is O=C1NCS/C1=C\c1cc2ccccc2n1Cc1ccccc1. The summed E-state index contributed by atoms with van der Waals surface area (Å²) in [5, 5.41) is 4.03. The monoisotopic (exact) mass is 320 g/mol. The van der Waals surface area contributed by atoms with Gasteiger partial charge in [-0.3, -0.25) is 4.79 Å². The largest absolute Gasteiger partial charge is 0.342 e. The number of hydrogen-bond donors (Lipinski definition) is 1. The van der Waals surface area contributed by atoms with Gasteiger partial charge in [-0.2, -0.15) is 0 Å². The number of carbonyl (C=O) groups excluding carboxylic acids is 1. The van der Waals surface area contributed by atoms with Crippen LogP contribution in [0.2, 0.25) is 0 Å². The maximum atomic E-state index is 11.9. The van der Waals surface area contributed by atoms with Crippen LogP contribution in [0.5, 0.6) is 0 Å². The van der Waals surface area contributed by atoms with Crippen molar-refractivity contribution in [2.75, 3.05) is 5.88 Å². The number of aromatic nitrogens is 1. The van der Waals surface area contributed by atoms with Gasteiger partial charge in [0.25, 0.3) is 5.91 Å². The van der Waals surface area contributed by atoms with E-state index in [1.54, 1.807) is 11.8 Å². The zero-order valence-corrected chi connectivity index (χ0v) is 13.3. The van der Waals surface area contributed by atoms with Crippen molar-refractivity contribution in [1.82, 2.24) is 9.88 Å². The summed E-state index contributed by atoms with van der Waals surface area (Å²) in [5.41, 5.74) is 3.50. The van der Waals surface area contributed by atoms with E-state index in [0.717, 1.165) is 17.1 Å². The Morgan fingerprint density at radius 3 is 2.65 bits per heavy atom. The number of benzene rings is 2. The molecule has 1 fully saturated rings. The molecule has 0 aliphatic carbocycles. The van der Waals surface area contributed by atoms with Crippen LogP contribution in [0.3, 0.4) is 0 Å². The summed E-state index contributed by atoms with van der Waals surface area (Å²) >= 11 is 1.56. The maximum absolute atomic E-state index is 11.9. The van der Waals surface area contributed by atoms with Gasteiger partial charge in [-0.15, -0.1) is 0 Å². The first-order valence-corrected chi connectivity index (χ1v) is 8.55. The number of nitrogens with zero attached hydrogens (tertiary/aromatic N) is 1. The highest BCUT2D eigenvalue weighted by Gasteiger charge is 2.18. The molecule has 2 aromatic carbocycles. The molecule has 0 unspecified atom stereocenters. The Balaban J connectivity index is 1.83. The second-order valence-electron chi connectivity index (χ2n) is 5.50. The van der Waals surface area contributed by atoms with Gasteiger partial charge in [-0.1, -0.05) is 60.3 Å². The van der Waals surface area contributed by atoms with Crippen LogP contribution in [0.15, 0.2) is 65.6 Å². The molecule has 1 aromatic heterocycles. The van der Waals surface area contributed by atoms with Gasteiger partial charge in [0, 0.05) is 23.1 Å². The fraction of sp³-hybridized carbons (Fsp3) is 0.105. The minimum absolute atomic E-state index is 0.0199. The van der Waals surface area contributed by atoms with Gasteiger partial charge in [0.1, 0.15) is 0 Å². The van der Waals surface area contributed by atoms with E-state index in [1.165, 1.54) is 16.5 Å². The Kier molecular flexibility index (Phi) is 3.67. The summed E-state index contributed by atoms with van der Waals surface area (Å²) in [6, 6.07) is 20.9. The van der Waals surface area contributed by atoms with Crippen LogP contribution in [0.1, 0.15) is 11.3 Å². The van der Waals surface area contributed by atoms with Crippen molar-refractivity contribution in [3.8, 4) is 0 Å². The van der Waals surface area contributed by atoms with Gasteiger partial charge in [-0.25, -0.2) is 0 Å². The highest BCUT2D eigenvalue weighted by molar-refractivity contribution is 8.04. The first-order valence-electron chi connectivity index (χ1n) is 7.56. The van der Waals surface area contributed by atoms with Crippen molar-refractivity contribution in [1.29, 1.82) is 0 Å². The molecule has 3 aromatic rings. The van der Waals surface area contributed by atoms with Crippen LogP contribution < -0.4 is 5.32 Å². The van der Waals surface area contributed by atoms with E-state index in [9.17, 15) is 4.79 Å². The lowest BCUT2D eigenvalue weighted by Crippen LogP contribution is -2.14. The number of hydrogen-bond acceptors (Lipinski definition) is 2. The van der Waals surface area contributed by atoms with Gasteiger partial charge in [0.2, 0.25) is 0 Å². The van der Waals surface area contributed by atoms with Crippen molar-refractivity contribution < 1.29 is 4.79 Å². The van der Waals surface area contributed by atoms with Crippen molar-refractivity contribution in [3.63, 3.8) is 0 Å². The molecule has 4 rings (SSSR count). The van der Waals surface area contributed by atoms with Crippen LogP contribution in [-0.4, -0.2) is 16.4 Å². The minimum atomic E-state index is 0.0199. The topological polar surface area (TPSA) is 34.0 Å². The molecule has 1 amide bonds. The standard InChI is InChI=1S/C19H16N2OS/c22-19-18(23-13-20-19)11-16-10-15-8-4-5-9-17(15)21(16)12-14-6-2-1-3-7-14/h1-11H,12-13H2,(H,20,22)/b18-11-. The molecule has 1 N–H and O–H groups in total. The summed E-state index contributed by atoms with van der Waals surface area (Å²) in [6.45, 7) is 0.791. The zero-order valence-electron chi connectivity index (χ0n) is 12.5. The van der Waals surface area contributed by atoms with Gasteiger partial charge < -0.3 is 9.88 Å². The maximum Gasteiger partial charge on any atom is 0.258 e. The molecule has 0 spiro atoms. The summed E-state index contributed by atoms with van der Waals surface area (Å²) in [7, 11) is 0. The Morgan fingerprint density at radius 1 is 1.09 bits per heavy atom. The predicted molar refractivity (Wildman–Crippen MR) is 96.1 cm³/mol. The van der Waals surface area contributed by atoms with Crippen LogP contribution in [0.25, 0.3) is 17.0 Å². The first-order chi connectivity index (χ1) is 11.3. The normalized spacial score (nSPS) is 16.2. The lowest BCUT2D eigenvalue weighted by atomic mass is 10.2. The van der Waals surface area contributed by atoms with E-state index in [1.807, 2.05) is 18.2 Å². The summed E-state index contributed by atoms with van der Waals surface area (Å²) < 4.78 is 2.27. The first kappa shape index (κ1) is 14.2. The molecule has 114 valence electrons. The summed E-state index contributed by atoms with van der Waals surface area (Å²) in [6.07, 6.45) is 2.00. The quantitative estimate of drug-likeness (QED) is 0.744. The van der Waals surface area contributed by atoms with Gasteiger partial charge >= 0.3 is 0 Å². The summed E-state index contributed by atoms with van der Waals surface area (Å²) in [4.78, 5) is 12.6. The van der Waals surface area contributed by atoms with E-state index in [0.29, 0.717) is 5.88 Å². The molecule has 0 atom stereocenters. The molecular weight excluding hydrogens is 304 g/mol. The predicted octanol–water partition coefficient (Wildman–Crippen LogP) is 3.85. The van der Waals surface area contributed by atoms with Crippen molar-refractivity contribution in [2.24, 2.45) is 0 Å². The number of amides is 1. The Morgan fingerprint density at radius 2 is 1.87 bits per heavy atom. The molecule has 23 heavy (non-hydrogen) atoms. The third-order valence-corrected chi connectivity index (χ3v) is 4.89. The second kappa shape index (κ2) is 5.97. The third-order valence-electron chi connectivity index (χ3n) is 3.99. The zero-order chi connectivity index (χ0) is 15.6. The Bertz CT molecular complexity index is 896. The molecule has 2 heterocycles. The van der Waals surface area contributed by atoms with Gasteiger partial charge in [0.15, 0.2) is 0 Å². The second-order valence-corrected chi connectivity index (χ2v) is 6.52. The third kappa shape index (κ3) is 2.78. The highest BCUT2D eigenvalue weighted by atomic mass is 32.2. The lowest BCUT2D eigenvalue weighted by Gasteiger charge is -2.09. The van der Waals surface area contributed by atoms with Crippen LogP contribution in [0, 0.1) is 0 Å². The molecule has 4 heteroatoms. The van der Waals surface area contributed by atoms with Crippen LogP contribution in [0.4, 0.5) is 0 Å². The lowest BCUT2D eigenvalue weighted by molar-refractivity contribution is -0.116. The van der Waals surface area contributed by atoms with Crippen molar-refractivity contribution in [3.05, 3.63) is 76.8 Å². The van der Waals surface area contributed by atoms with Crippen LogP contribution >= 0.6 is 11.8 Å². The molecule has 0 radical (unpaired) electrons. The molecule has 1 aliphatic heterocycles. The van der Waals surface area contributed by atoms with Gasteiger partial charge in [-0.05, 0) is 23.8 Å². The highest BCUT2D eigenvalue weighted by Crippen LogP contribution is 2.27. The smallest absolute Gasteiger partial charge is 0.258 e. The Labute approximate surface area is 139 Å². The van der Waals surface area contributed by atoms with E-state index < -0.39 is 0 Å². The fourth-order valence-electron chi connectivity index (χ4n) is 2.87. The van der Waals surface area contributed by atoms with Gasteiger partial charge in [0.05, 0.1) is 10.8 Å². The molecule has 1 saturated heterocycles. The fourth-order valence-corrected chi connectivity index (χ4v) is 3.63. The molecule has 0 bridgehead atoms. The average Bonchev–Trinajstić information content (AvgIpc) is 3.13. The number of rotatable bonds is 3. The number of para-hydroxylation sites is 1. The van der Waals surface area contributed by atoms with E-state index in [4.69, 9.17) is 0 Å². The van der Waals surface area contributed by atoms with E-state index in [-0.39, 0.29) is 5.91 Å². The van der Waals surface area contributed by atoms with Crippen molar-refractivity contribution in [2.45, 2.75) is 6.54 Å². The molecule has 0 saturated carbocycles. The average molecular weight is 320 g/mol. The Hall–Kier alpha value is -2.46. The molecular formula is C19H16N2OS. The molecule has 1 aliphatic rings. The number of nitrogens with one attached hydrogen (secondary N) is 1. The van der Waals surface area contributed by atoms with Crippen LogP contribution in [-0.2, 0) is 11.3 Å². The van der Waals surface area contributed by atoms with E-state index >= 15 is 0 Å².